The predicted molar refractivity (Wildman–Crippen MR) is 74.4 cm³/mol. The van der Waals surface area contributed by atoms with E-state index in [0.29, 0.717) is 19.7 Å². The molecule has 102 valence electrons. The second-order valence-corrected chi connectivity index (χ2v) is 5.63. The molecule has 2 N–H and O–H groups in total. The minimum Gasteiger partial charge on any atom is -0.383 e. The van der Waals surface area contributed by atoms with Gasteiger partial charge in [0.25, 0.3) is 0 Å². The van der Waals surface area contributed by atoms with E-state index in [1.54, 1.807) is 23.3 Å². The monoisotopic (exact) mass is 270 g/mol. The summed E-state index contributed by atoms with van der Waals surface area (Å²) in [6.07, 6.45) is 0. The van der Waals surface area contributed by atoms with Gasteiger partial charge >= 0.3 is 0 Å². The fourth-order valence-corrected chi connectivity index (χ4v) is 2.27. The molecule has 0 radical (unpaired) electrons. The van der Waals surface area contributed by atoms with Crippen molar-refractivity contribution >= 4 is 17.2 Å². The third kappa shape index (κ3) is 4.40. The number of amides is 1. The highest BCUT2D eigenvalue weighted by atomic mass is 32.1. The van der Waals surface area contributed by atoms with Gasteiger partial charge in [0, 0.05) is 18.5 Å². The number of methoxy groups -OCH3 is 1. The number of hydrogen-bond acceptors (Lipinski definition) is 4. The maximum atomic E-state index is 12.3. The van der Waals surface area contributed by atoms with E-state index in [9.17, 15) is 4.79 Å². The van der Waals surface area contributed by atoms with Gasteiger partial charge in [-0.05, 0) is 17.4 Å². The zero-order valence-electron chi connectivity index (χ0n) is 11.3. The van der Waals surface area contributed by atoms with E-state index in [2.05, 4.69) is 0 Å². The smallest absolute Gasteiger partial charge is 0.240 e. The summed E-state index contributed by atoms with van der Waals surface area (Å²) in [5.41, 5.74) is 5.93. The van der Waals surface area contributed by atoms with Crippen LogP contribution in [0.4, 0.5) is 0 Å². The molecule has 0 fully saturated rings. The van der Waals surface area contributed by atoms with Gasteiger partial charge in [-0.2, -0.15) is 0 Å². The minimum atomic E-state index is -0.443. The standard InChI is InChI=1S/C13H22N2O2S/c1-10(2)12(14)13(16)15(6-7-17-3)9-11-5-4-8-18-11/h4-5,8,10,12H,6-7,9,14H2,1-3H3. The molecule has 0 aliphatic rings. The molecule has 5 heteroatoms. The van der Waals surface area contributed by atoms with Gasteiger partial charge in [0.1, 0.15) is 0 Å². The third-order valence-electron chi connectivity index (χ3n) is 2.81. The lowest BCUT2D eigenvalue weighted by molar-refractivity contribution is -0.134. The highest BCUT2D eigenvalue weighted by Gasteiger charge is 2.23. The Hall–Kier alpha value is -0.910. The molecule has 1 aromatic rings. The molecule has 0 saturated heterocycles. The van der Waals surface area contributed by atoms with Crippen molar-refractivity contribution in [1.29, 1.82) is 0 Å². The van der Waals surface area contributed by atoms with Crippen LogP contribution in [0.25, 0.3) is 0 Å². The van der Waals surface area contributed by atoms with Gasteiger partial charge in [-0.25, -0.2) is 0 Å². The SMILES string of the molecule is COCCN(Cc1cccs1)C(=O)C(N)C(C)C. The van der Waals surface area contributed by atoms with Crippen molar-refractivity contribution < 1.29 is 9.53 Å². The van der Waals surface area contributed by atoms with Crippen molar-refractivity contribution in [3.8, 4) is 0 Å². The van der Waals surface area contributed by atoms with Crippen molar-refractivity contribution in [2.24, 2.45) is 11.7 Å². The first-order chi connectivity index (χ1) is 8.56. The zero-order valence-corrected chi connectivity index (χ0v) is 12.1. The molecular weight excluding hydrogens is 248 g/mol. The number of thiophene rings is 1. The van der Waals surface area contributed by atoms with Gasteiger partial charge < -0.3 is 15.4 Å². The van der Waals surface area contributed by atoms with Crippen LogP contribution in [0.15, 0.2) is 17.5 Å². The van der Waals surface area contributed by atoms with Crippen molar-refractivity contribution in [3.05, 3.63) is 22.4 Å². The number of rotatable bonds is 7. The number of hydrogen-bond donors (Lipinski definition) is 1. The number of nitrogens with two attached hydrogens (primary N) is 1. The van der Waals surface area contributed by atoms with Crippen molar-refractivity contribution in [3.63, 3.8) is 0 Å². The van der Waals surface area contributed by atoms with Crippen LogP contribution < -0.4 is 5.73 Å². The fourth-order valence-electron chi connectivity index (χ4n) is 1.56. The second-order valence-electron chi connectivity index (χ2n) is 4.60. The number of carbonyl (C=O) groups is 1. The maximum absolute atomic E-state index is 12.3. The molecule has 1 unspecified atom stereocenters. The Morgan fingerprint density at radius 3 is 2.78 bits per heavy atom. The first-order valence-corrected chi connectivity index (χ1v) is 7.00. The van der Waals surface area contributed by atoms with Crippen molar-refractivity contribution in [2.45, 2.75) is 26.4 Å². The first-order valence-electron chi connectivity index (χ1n) is 6.12. The van der Waals surface area contributed by atoms with Crippen LogP contribution in [0.2, 0.25) is 0 Å². The second kappa shape index (κ2) is 7.51. The Balaban J connectivity index is 2.68. The molecule has 0 aromatic carbocycles. The van der Waals surface area contributed by atoms with Gasteiger partial charge in [0.05, 0.1) is 19.2 Å². The average molecular weight is 270 g/mol. The molecule has 1 heterocycles. The maximum Gasteiger partial charge on any atom is 0.240 e. The first kappa shape index (κ1) is 15.1. The fraction of sp³-hybridized carbons (Fsp3) is 0.615. The lowest BCUT2D eigenvalue weighted by Gasteiger charge is -2.26. The van der Waals surface area contributed by atoms with Crippen LogP contribution in [0.3, 0.4) is 0 Å². The van der Waals surface area contributed by atoms with E-state index < -0.39 is 6.04 Å². The normalized spacial score (nSPS) is 12.7. The zero-order chi connectivity index (χ0) is 13.5. The van der Waals surface area contributed by atoms with E-state index in [0.717, 1.165) is 4.88 Å². The number of ether oxygens (including phenoxy) is 1. The lowest BCUT2D eigenvalue weighted by atomic mass is 10.0. The minimum absolute atomic E-state index is 0.00421. The van der Waals surface area contributed by atoms with Gasteiger partial charge in [-0.1, -0.05) is 19.9 Å². The largest absolute Gasteiger partial charge is 0.383 e. The molecule has 1 amide bonds. The molecule has 18 heavy (non-hydrogen) atoms. The summed E-state index contributed by atoms with van der Waals surface area (Å²) in [5.74, 6) is 0.140. The predicted octanol–water partition coefficient (Wildman–Crippen LogP) is 1.71. The van der Waals surface area contributed by atoms with Gasteiger partial charge in [0.2, 0.25) is 5.91 Å². The highest BCUT2D eigenvalue weighted by Crippen LogP contribution is 2.13. The Bertz CT molecular complexity index is 352. The van der Waals surface area contributed by atoms with E-state index in [4.69, 9.17) is 10.5 Å². The molecule has 0 aliphatic heterocycles. The van der Waals surface area contributed by atoms with Crippen LogP contribution in [0.5, 0.6) is 0 Å². The van der Waals surface area contributed by atoms with Crippen LogP contribution in [0, 0.1) is 5.92 Å². The van der Waals surface area contributed by atoms with Crippen LogP contribution in [-0.4, -0.2) is 37.1 Å². The molecule has 0 bridgehead atoms. The molecule has 0 saturated carbocycles. The van der Waals surface area contributed by atoms with Crippen LogP contribution in [0.1, 0.15) is 18.7 Å². The van der Waals surface area contributed by atoms with Gasteiger partial charge in [-0.3, -0.25) is 4.79 Å². The third-order valence-corrected chi connectivity index (χ3v) is 3.67. The molecule has 0 spiro atoms. The summed E-state index contributed by atoms with van der Waals surface area (Å²) >= 11 is 1.65. The van der Waals surface area contributed by atoms with Crippen LogP contribution >= 0.6 is 11.3 Å². The quantitative estimate of drug-likeness (QED) is 0.820. The summed E-state index contributed by atoms with van der Waals surface area (Å²) in [5, 5.41) is 2.01. The topological polar surface area (TPSA) is 55.6 Å². The summed E-state index contributed by atoms with van der Waals surface area (Å²) in [4.78, 5) is 15.2. The molecular formula is C13H22N2O2S. The van der Waals surface area contributed by atoms with Crippen LogP contribution in [-0.2, 0) is 16.1 Å². The highest BCUT2D eigenvalue weighted by molar-refractivity contribution is 7.09. The van der Waals surface area contributed by atoms with Crippen molar-refractivity contribution in [1.82, 2.24) is 4.90 Å². The van der Waals surface area contributed by atoms with Crippen molar-refractivity contribution in [2.75, 3.05) is 20.3 Å². The number of carbonyl (C=O) groups excluding carboxylic acids is 1. The molecule has 0 aliphatic carbocycles. The van der Waals surface area contributed by atoms with Gasteiger partial charge in [0.15, 0.2) is 0 Å². The Labute approximate surface area is 113 Å². The van der Waals surface area contributed by atoms with E-state index in [1.807, 2.05) is 31.4 Å². The van der Waals surface area contributed by atoms with E-state index >= 15 is 0 Å². The van der Waals surface area contributed by atoms with E-state index in [-0.39, 0.29) is 11.8 Å². The van der Waals surface area contributed by atoms with Gasteiger partial charge in [-0.15, -0.1) is 11.3 Å². The Kier molecular flexibility index (Phi) is 6.32. The Morgan fingerprint density at radius 2 is 2.28 bits per heavy atom. The molecule has 1 rings (SSSR count). The summed E-state index contributed by atoms with van der Waals surface area (Å²) < 4.78 is 5.05. The summed E-state index contributed by atoms with van der Waals surface area (Å²) in [7, 11) is 1.64. The molecule has 1 atom stereocenters. The lowest BCUT2D eigenvalue weighted by Crippen LogP contribution is -2.47. The van der Waals surface area contributed by atoms with E-state index in [1.165, 1.54) is 0 Å². The molecule has 4 nitrogen and oxygen atoms in total. The molecule has 1 aromatic heterocycles. The number of nitrogens with zero attached hydrogens (tertiary/aromatic N) is 1. The Morgan fingerprint density at radius 1 is 1.56 bits per heavy atom. The summed E-state index contributed by atoms with van der Waals surface area (Å²) in [6.45, 7) is 5.64. The average Bonchev–Trinajstić information content (AvgIpc) is 2.85. The summed E-state index contributed by atoms with van der Waals surface area (Å²) in [6, 6.07) is 3.57.